The Morgan fingerprint density at radius 3 is 2.52 bits per heavy atom. The van der Waals surface area contributed by atoms with Crippen molar-refractivity contribution in [2.24, 2.45) is 11.8 Å². The molecule has 0 spiro atoms. The lowest BCUT2D eigenvalue weighted by atomic mass is 9.99. The van der Waals surface area contributed by atoms with Crippen molar-refractivity contribution in [3.8, 4) is 5.75 Å². The Morgan fingerprint density at radius 2 is 1.81 bits per heavy atom. The molecule has 5 nitrogen and oxygen atoms in total. The third-order valence-corrected chi connectivity index (χ3v) is 6.74. The minimum absolute atomic E-state index is 0.0354. The second-order valence-corrected chi connectivity index (χ2v) is 9.62. The predicted molar refractivity (Wildman–Crippen MR) is 124 cm³/mol. The maximum atomic E-state index is 13.4. The van der Waals surface area contributed by atoms with Crippen molar-refractivity contribution < 1.29 is 14.3 Å². The summed E-state index contributed by atoms with van der Waals surface area (Å²) in [6.07, 6.45) is 8.29. The molecule has 172 valence electrons. The van der Waals surface area contributed by atoms with Gasteiger partial charge in [0.1, 0.15) is 12.4 Å². The van der Waals surface area contributed by atoms with Gasteiger partial charge < -0.3 is 14.5 Å². The third kappa shape index (κ3) is 6.47. The van der Waals surface area contributed by atoms with Gasteiger partial charge in [0.05, 0.1) is 11.6 Å². The van der Waals surface area contributed by atoms with Crippen LogP contribution in [0.4, 0.5) is 0 Å². The van der Waals surface area contributed by atoms with Crippen molar-refractivity contribution in [1.29, 1.82) is 0 Å². The van der Waals surface area contributed by atoms with E-state index in [2.05, 4.69) is 18.7 Å². The fourth-order valence-corrected chi connectivity index (χ4v) is 5.03. The van der Waals surface area contributed by atoms with Crippen molar-refractivity contribution in [3.05, 3.63) is 29.8 Å². The van der Waals surface area contributed by atoms with Gasteiger partial charge in [-0.15, -0.1) is 0 Å². The molecular weight excluding hydrogens is 388 g/mol. The summed E-state index contributed by atoms with van der Waals surface area (Å²) < 4.78 is 6.25. The highest BCUT2D eigenvalue weighted by atomic mass is 16.5. The summed E-state index contributed by atoms with van der Waals surface area (Å²) >= 11 is 0. The van der Waals surface area contributed by atoms with Crippen molar-refractivity contribution in [2.45, 2.75) is 78.2 Å². The number of carbonyl (C=O) groups excluding carboxylic acids is 2. The molecule has 0 bridgehead atoms. The highest BCUT2D eigenvalue weighted by Gasteiger charge is 2.29. The Kier molecular flexibility index (Phi) is 8.79. The molecule has 2 amide bonds. The molecule has 0 aromatic heterocycles. The molecule has 3 rings (SSSR count). The van der Waals surface area contributed by atoms with E-state index in [1.807, 2.05) is 36.1 Å². The second kappa shape index (κ2) is 11.5. The fourth-order valence-electron chi connectivity index (χ4n) is 5.03. The molecule has 1 atom stereocenters. The SMILES string of the molecule is CCN1CCCCN(C(=O)CC2CCCC2)[C@@H](CC(C)C)COc2ccccc2C1=O. The summed E-state index contributed by atoms with van der Waals surface area (Å²) in [6.45, 7) is 8.99. The van der Waals surface area contributed by atoms with E-state index in [-0.39, 0.29) is 17.9 Å². The monoisotopic (exact) mass is 428 g/mol. The summed E-state index contributed by atoms with van der Waals surface area (Å²) in [5.74, 6) is 1.96. The Hall–Kier alpha value is -2.04. The second-order valence-electron chi connectivity index (χ2n) is 9.62. The quantitative estimate of drug-likeness (QED) is 0.652. The van der Waals surface area contributed by atoms with Gasteiger partial charge in [-0.25, -0.2) is 0 Å². The van der Waals surface area contributed by atoms with Gasteiger partial charge in [0.2, 0.25) is 5.91 Å². The average molecular weight is 429 g/mol. The molecule has 1 fully saturated rings. The summed E-state index contributed by atoms with van der Waals surface area (Å²) in [7, 11) is 0. The van der Waals surface area contributed by atoms with Crippen molar-refractivity contribution in [1.82, 2.24) is 9.80 Å². The van der Waals surface area contributed by atoms with Gasteiger partial charge in [-0.3, -0.25) is 9.59 Å². The van der Waals surface area contributed by atoms with Gasteiger partial charge in [-0.2, -0.15) is 0 Å². The Morgan fingerprint density at radius 1 is 1.10 bits per heavy atom. The van der Waals surface area contributed by atoms with Gasteiger partial charge in [0.25, 0.3) is 5.91 Å². The summed E-state index contributed by atoms with van der Waals surface area (Å²) in [5, 5.41) is 0. The van der Waals surface area contributed by atoms with Crippen LogP contribution in [0.2, 0.25) is 0 Å². The number of fused-ring (bicyclic) bond motifs is 1. The number of hydrogen-bond donors (Lipinski definition) is 0. The average Bonchev–Trinajstić information content (AvgIpc) is 3.25. The van der Waals surface area contributed by atoms with E-state index in [1.54, 1.807) is 0 Å². The van der Waals surface area contributed by atoms with Crippen molar-refractivity contribution >= 4 is 11.8 Å². The summed E-state index contributed by atoms with van der Waals surface area (Å²) in [6, 6.07) is 7.58. The lowest BCUT2D eigenvalue weighted by Crippen LogP contribution is -2.46. The van der Waals surface area contributed by atoms with Crippen LogP contribution in [0, 0.1) is 11.8 Å². The number of amides is 2. The summed E-state index contributed by atoms with van der Waals surface area (Å²) in [5.41, 5.74) is 0.622. The van der Waals surface area contributed by atoms with Gasteiger partial charge in [0, 0.05) is 26.1 Å². The zero-order valence-electron chi connectivity index (χ0n) is 19.6. The molecular formula is C26H40N2O3. The van der Waals surface area contributed by atoms with E-state index < -0.39 is 0 Å². The van der Waals surface area contributed by atoms with Gasteiger partial charge in [0.15, 0.2) is 0 Å². The minimum atomic E-state index is 0.0354. The van der Waals surface area contributed by atoms with Crippen LogP contribution in [0.15, 0.2) is 24.3 Å². The lowest BCUT2D eigenvalue weighted by Gasteiger charge is -2.35. The van der Waals surface area contributed by atoms with E-state index in [4.69, 9.17) is 4.74 Å². The van der Waals surface area contributed by atoms with Gasteiger partial charge in [-0.1, -0.05) is 38.8 Å². The highest BCUT2D eigenvalue weighted by Crippen LogP contribution is 2.29. The molecule has 1 aromatic carbocycles. The first-order valence-electron chi connectivity index (χ1n) is 12.3. The first kappa shape index (κ1) is 23.6. The van der Waals surface area contributed by atoms with Crippen LogP contribution in [-0.4, -0.2) is 53.9 Å². The van der Waals surface area contributed by atoms with Crippen molar-refractivity contribution in [3.63, 3.8) is 0 Å². The molecule has 1 heterocycles. The van der Waals surface area contributed by atoms with Crippen LogP contribution in [0.25, 0.3) is 0 Å². The maximum Gasteiger partial charge on any atom is 0.257 e. The Labute approximate surface area is 188 Å². The maximum absolute atomic E-state index is 13.4. The molecule has 5 heteroatoms. The van der Waals surface area contributed by atoms with E-state index in [0.717, 1.165) is 25.8 Å². The number of hydrogen-bond acceptors (Lipinski definition) is 3. The highest BCUT2D eigenvalue weighted by molar-refractivity contribution is 5.96. The number of para-hydroxylation sites is 1. The topological polar surface area (TPSA) is 49.9 Å². The Balaban J connectivity index is 1.84. The normalized spacial score (nSPS) is 21.4. The molecule has 1 aliphatic heterocycles. The molecule has 0 N–H and O–H groups in total. The lowest BCUT2D eigenvalue weighted by molar-refractivity contribution is -0.135. The number of carbonyl (C=O) groups is 2. The van der Waals surface area contributed by atoms with Crippen LogP contribution < -0.4 is 4.74 Å². The fraction of sp³-hybridized carbons (Fsp3) is 0.692. The van der Waals surface area contributed by atoms with E-state index in [0.29, 0.717) is 49.3 Å². The van der Waals surface area contributed by atoms with Gasteiger partial charge in [-0.05, 0) is 63.0 Å². The largest absolute Gasteiger partial charge is 0.491 e. The predicted octanol–water partition coefficient (Wildman–Crippen LogP) is 5.14. The molecule has 0 saturated heterocycles. The van der Waals surface area contributed by atoms with Crippen LogP contribution in [0.3, 0.4) is 0 Å². The first-order valence-corrected chi connectivity index (χ1v) is 12.3. The zero-order chi connectivity index (χ0) is 22.2. The van der Waals surface area contributed by atoms with Crippen LogP contribution in [0.1, 0.15) is 82.5 Å². The van der Waals surface area contributed by atoms with E-state index >= 15 is 0 Å². The van der Waals surface area contributed by atoms with Crippen LogP contribution >= 0.6 is 0 Å². The summed E-state index contributed by atoms with van der Waals surface area (Å²) in [4.78, 5) is 30.5. The molecule has 1 aliphatic carbocycles. The first-order chi connectivity index (χ1) is 15.0. The number of rotatable bonds is 5. The Bertz CT molecular complexity index is 727. The standard InChI is InChI=1S/C26H40N2O3/c1-4-27-15-9-10-16-28(25(29)18-21-11-5-6-12-21)22(17-20(2)3)19-31-24-14-8-7-13-23(24)26(27)30/h7-8,13-14,20-22H,4-6,9-12,15-19H2,1-3H3/t22-/m0/s1. The van der Waals surface area contributed by atoms with E-state index in [9.17, 15) is 9.59 Å². The van der Waals surface area contributed by atoms with Crippen LogP contribution in [0.5, 0.6) is 5.75 Å². The van der Waals surface area contributed by atoms with Gasteiger partial charge >= 0.3 is 0 Å². The van der Waals surface area contributed by atoms with Crippen molar-refractivity contribution in [2.75, 3.05) is 26.2 Å². The minimum Gasteiger partial charge on any atom is -0.491 e. The molecule has 0 unspecified atom stereocenters. The molecule has 0 radical (unpaired) electrons. The molecule has 31 heavy (non-hydrogen) atoms. The van der Waals surface area contributed by atoms with Crippen LogP contribution in [-0.2, 0) is 4.79 Å². The molecule has 2 aliphatic rings. The number of ether oxygens (including phenoxy) is 1. The van der Waals surface area contributed by atoms with E-state index in [1.165, 1.54) is 25.7 Å². The number of benzene rings is 1. The molecule has 1 saturated carbocycles. The smallest absolute Gasteiger partial charge is 0.257 e. The number of nitrogens with zero attached hydrogens (tertiary/aromatic N) is 2. The zero-order valence-corrected chi connectivity index (χ0v) is 19.6. The molecule has 1 aromatic rings. The third-order valence-electron chi connectivity index (χ3n) is 6.74.